The van der Waals surface area contributed by atoms with Crippen LogP contribution in [-0.4, -0.2) is 39.5 Å². The van der Waals surface area contributed by atoms with E-state index in [1.54, 1.807) is 24.5 Å². The summed E-state index contributed by atoms with van der Waals surface area (Å²) in [6.45, 7) is 0. The average Bonchev–Trinajstić information content (AvgIpc) is 3.34. The van der Waals surface area contributed by atoms with Gasteiger partial charge >= 0.3 is 0 Å². The summed E-state index contributed by atoms with van der Waals surface area (Å²) in [7, 11) is 5.65. The normalized spacial score (nSPS) is 10.7. The minimum atomic E-state index is -0.249. The molecule has 3 heterocycles. The Morgan fingerprint density at radius 1 is 1.07 bits per heavy atom. The van der Waals surface area contributed by atoms with E-state index in [0.717, 1.165) is 22.0 Å². The highest BCUT2D eigenvalue weighted by Gasteiger charge is 2.21. The number of nitrogens with zero attached hydrogens (tertiary/aromatic N) is 5. The number of imidazole rings is 1. The predicted octanol–water partition coefficient (Wildman–Crippen LogP) is 3.92. The maximum absolute atomic E-state index is 12.9. The SMILES string of the molecule is CN(C)c1ncccc1C(=O)Nc1nc(-c2ccccc2)c(-c2nccn2C)s1. The summed E-state index contributed by atoms with van der Waals surface area (Å²) in [5, 5.41) is 3.44. The Bertz CT molecular complexity index is 1150. The number of aryl methyl sites for hydroxylation is 1. The third kappa shape index (κ3) is 3.74. The summed E-state index contributed by atoms with van der Waals surface area (Å²) in [6.07, 6.45) is 5.31. The van der Waals surface area contributed by atoms with Gasteiger partial charge in [0.2, 0.25) is 0 Å². The number of pyridine rings is 1. The molecule has 0 spiro atoms. The van der Waals surface area contributed by atoms with Crippen molar-refractivity contribution in [1.82, 2.24) is 19.5 Å². The van der Waals surface area contributed by atoms with Crippen molar-refractivity contribution in [2.45, 2.75) is 0 Å². The second kappa shape index (κ2) is 7.84. The van der Waals surface area contributed by atoms with Gasteiger partial charge in [0.1, 0.15) is 5.82 Å². The highest BCUT2D eigenvalue weighted by atomic mass is 32.1. The molecule has 4 rings (SSSR count). The number of aromatic nitrogens is 4. The van der Waals surface area contributed by atoms with Crippen LogP contribution >= 0.6 is 11.3 Å². The zero-order valence-electron chi connectivity index (χ0n) is 16.3. The smallest absolute Gasteiger partial charge is 0.261 e. The van der Waals surface area contributed by atoms with Gasteiger partial charge in [0.05, 0.1) is 16.1 Å². The summed E-state index contributed by atoms with van der Waals surface area (Å²) in [6, 6.07) is 13.4. The van der Waals surface area contributed by atoms with Gasteiger partial charge in [-0.1, -0.05) is 41.7 Å². The number of nitrogens with one attached hydrogen (secondary N) is 1. The fourth-order valence-corrected chi connectivity index (χ4v) is 4.02. The maximum atomic E-state index is 12.9. The molecule has 4 aromatic rings. The number of hydrogen-bond acceptors (Lipinski definition) is 6. The zero-order valence-corrected chi connectivity index (χ0v) is 17.1. The summed E-state index contributed by atoms with van der Waals surface area (Å²) in [4.78, 5) is 29.1. The molecular formula is C21H20N6OS. The van der Waals surface area contributed by atoms with Gasteiger partial charge in [0.15, 0.2) is 11.0 Å². The predicted molar refractivity (Wildman–Crippen MR) is 116 cm³/mol. The highest BCUT2D eigenvalue weighted by molar-refractivity contribution is 7.19. The van der Waals surface area contributed by atoms with E-state index in [1.165, 1.54) is 11.3 Å². The molecular weight excluding hydrogens is 384 g/mol. The molecule has 0 unspecified atom stereocenters. The Morgan fingerprint density at radius 3 is 2.55 bits per heavy atom. The molecule has 0 bridgehead atoms. The molecule has 7 nitrogen and oxygen atoms in total. The fourth-order valence-electron chi connectivity index (χ4n) is 3.00. The number of benzene rings is 1. The standard InChI is InChI=1S/C21H20N6OS/c1-26(2)18-15(10-7-11-22-18)20(28)25-21-24-16(14-8-5-4-6-9-14)17(29-21)19-23-12-13-27(19)3/h4-13H,1-3H3,(H,24,25,28). The van der Waals surface area contributed by atoms with Crippen LogP contribution in [0.25, 0.3) is 22.0 Å². The highest BCUT2D eigenvalue weighted by Crippen LogP contribution is 2.38. The summed E-state index contributed by atoms with van der Waals surface area (Å²) >= 11 is 1.40. The second-order valence-corrected chi connectivity index (χ2v) is 7.65. The number of amides is 1. The molecule has 29 heavy (non-hydrogen) atoms. The van der Waals surface area contributed by atoms with Crippen molar-refractivity contribution in [1.29, 1.82) is 0 Å². The molecule has 0 saturated carbocycles. The monoisotopic (exact) mass is 404 g/mol. The number of carbonyl (C=O) groups excluding carboxylic acids is 1. The number of thiazole rings is 1. The van der Waals surface area contributed by atoms with E-state index < -0.39 is 0 Å². The number of rotatable bonds is 5. The molecule has 1 aromatic carbocycles. The van der Waals surface area contributed by atoms with Crippen LogP contribution in [0.5, 0.6) is 0 Å². The van der Waals surface area contributed by atoms with E-state index in [2.05, 4.69) is 15.3 Å². The summed E-state index contributed by atoms with van der Waals surface area (Å²) in [5.41, 5.74) is 2.25. The minimum Gasteiger partial charge on any atom is -0.362 e. The quantitative estimate of drug-likeness (QED) is 0.546. The Morgan fingerprint density at radius 2 is 1.86 bits per heavy atom. The third-order valence-electron chi connectivity index (χ3n) is 4.37. The first-order valence-corrected chi connectivity index (χ1v) is 9.84. The molecule has 0 aliphatic heterocycles. The first kappa shape index (κ1) is 18.8. The van der Waals surface area contributed by atoms with Crippen molar-refractivity contribution in [3.8, 4) is 22.0 Å². The van der Waals surface area contributed by atoms with Gasteiger partial charge in [-0.2, -0.15) is 0 Å². The second-order valence-electron chi connectivity index (χ2n) is 6.65. The number of hydrogen-bond donors (Lipinski definition) is 1. The van der Waals surface area contributed by atoms with Gasteiger partial charge in [0.25, 0.3) is 5.91 Å². The Kier molecular flexibility index (Phi) is 5.09. The van der Waals surface area contributed by atoms with Crippen LogP contribution in [0.3, 0.4) is 0 Å². The molecule has 8 heteroatoms. The first-order chi connectivity index (χ1) is 14.0. The van der Waals surface area contributed by atoms with Gasteiger partial charge in [-0.25, -0.2) is 15.0 Å². The van der Waals surface area contributed by atoms with Gasteiger partial charge in [-0.15, -0.1) is 0 Å². The zero-order chi connectivity index (χ0) is 20.4. The Balaban J connectivity index is 1.74. The van der Waals surface area contributed by atoms with E-state index in [1.807, 2.05) is 67.1 Å². The maximum Gasteiger partial charge on any atom is 0.261 e. The average molecular weight is 404 g/mol. The third-order valence-corrected chi connectivity index (χ3v) is 5.34. The number of anilines is 2. The van der Waals surface area contributed by atoms with Crippen LogP contribution in [0.15, 0.2) is 61.1 Å². The molecule has 0 saturated heterocycles. The lowest BCUT2D eigenvalue weighted by atomic mass is 10.1. The van der Waals surface area contributed by atoms with Crippen LogP contribution in [0.2, 0.25) is 0 Å². The minimum absolute atomic E-state index is 0.249. The van der Waals surface area contributed by atoms with Crippen LogP contribution < -0.4 is 10.2 Å². The van der Waals surface area contributed by atoms with Gasteiger partial charge < -0.3 is 9.47 Å². The van der Waals surface area contributed by atoms with Gasteiger partial charge in [0, 0.05) is 45.3 Å². The van der Waals surface area contributed by atoms with E-state index in [-0.39, 0.29) is 5.91 Å². The van der Waals surface area contributed by atoms with E-state index >= 15 is 0 Å². The molecule has 3 aromatic heterocycles. The van der Waals surface area contributed by atoms with Crippen LogP contribution in [0, 0.1) is 0 Å². The van der Waals surface area contributed by atoms with Gasteiger partial charge in [-0.05, 0) is 12.1 Å². The van der Waals surface area contributed by atoms with Crippen molar-refractivity contribution in [3.63, 3.8) is 0 Å². The molecule has 0 radical (unpaired) electrons. The Hall–Kier alpha value is -3.52. The van der Waals surface area contributed by atoms with E-state index in [4.69, 9.17) is 4.98 Å². The van der Waals surface area contributed by atoms with Crippen molar-refractivity contribution in [3.05, 3.63) is 66.6 Å². The lowest BCUT2D eigenvalue weighted by molar-refractivity contribution is 0.102. The molecule has 146 valence electrons. The van der Waals surface area contributed by atoms with Gasteiger partial charge in [-0.3, -0.25) is 10.1 Å². The lowest BCUT2D eigenvalue weighted by Crippen LogP contribution is -2.19. The summed E-state index contributed by atoms with van der Waals surface area (Å²) in [5.74, 6) is 1.16. The molecule has 0 fully saturated rings. The molecule has 0 aliphatic rings. The molecule has 0 aliphatic carbocycles. The summed E-state index contributed by atoms with van der Waals surface area (Å²) < 4.78 is 1.94. The van der Waals surface area contributed by atoms with Crippen LogP contribution in [0.4, 0.5) is 10.9 Å². The van der Waals surface area contributed by atoms with Crippen molar-refractivity contribution in [2.75, 3.05) is 24.3 Å². The van der Waals surface area contributed by atoms with E-state index in [0.29, 0.717) is 16.5 Å². The van der Waals surface area contributed by atoms with Crippen molar-refractivity contribution in [2.24, 2.45) is 7.05 Å². The Labute approximate surface area is 172 Å². The lowest BCUT2D eigenvalue weighted by Gasteiger charge is -2.14. The van der Waals surface area contributed by atoms with Crippen LogP contribution in [-0.2, 0) is 7.05 Å². The van der Waals surface area contributed by atoms with Crippen molar-refractivity contribution < 1.29 is 4.79 Å². The number of carbonyl (C=O) groups is 1. The van der Waals surface area contributed by atoms with Crippen LogP contribution in [0.1, 0.15) is 10.4 Å². The largest absolute Gasteiger partial charge is 0.362 e. The first-order valence-electron chi connectivity index (χ1n) is 9.02. The topological polar surface area (TPSA) is 75.9 Å². The molecule has 0 atom stereocenters. The molecule has 1 amide bonds. The molecule has 1 N–H and O–H groups in total. The van der Waals surface area contributed by atoms with Crippen molar-refractivity contribution >= 4 is 28.2 Å². The van der Waals surface area contributed by atoms with E-state index in [9.17, 15) is 4.79 Å². The fraction of sp³-hybridized carbons (Fsp3) is 0.143.